The van der Waals surface area contributed by atoms with Gasteiger partial charge in [0.05, 0.1) is 0 Å². The van der Waals surface area contributed by atoms with Crippen LogP contribution >= 0.6 is 27.5 Å². The number of H-pyrrole nitrogens is 1. The molecule has 0 aliphatic carbocycles. The maximum Gasteiger partial charge on any atom is 0.134 e. The van der Waals surface area contributed by atoms with Crippen molar-refractivity contribution >= 4 is 27.5 Å². The summed E-state index contributed by atoms with van der Waals surface area (Å²) < 4.78 is 1.02. The predicted octanol–water partition coefficient (Wildman–Crippen LogP) is 3.25. The molecular formula is C12H13BrClN3. The molecule has 0 amide bonds. The zero-order valence-corrected chi connectivity index (χ0v) is 11.8. The Morgan fingerprint density at radius 2 is 2.29 bits per heavy atom. The summed E-state index contributed by atoms with van der Waals surface area (Å²) in [6.45, 7) is 0.877. The first kappa shape index (κ1) is 12.6. The summed E-state index contributed by atoms with van der Waals surface area (Å²) in [6.07, 6.45) is 0.838. The van der Waals surface area contributed by atoms with E-state index in [0.717, 1.165) is 34.5 Å². The van der Waals surface area contributed by atoms with Crippen LogP contribution in [0, 0.1) is 0 Å². The number of nitrogens with zero attached hydrogens (tertiary/aromatic N) is 1. The smallest absolute Gasteiger partial charge is 0.134 e. The number of aromatic nitrogens is 2. The van der Waals surface area contributed by atoms with E-state index in [4.69, 9.17) is 11.6 Å². The average Bonchev–Trinajstić information content (AvgIpc) is 2.68. The topological polar surface area (TPSA) is 40.7 Å². The van der Waals surface area contributed by atoms with E-state index in [1.165, 1.54) is 0 Å². The fourth-order valence-corrected chi connectivity index (χ4v) is 2.25. The normalized spacial score (nSPS) is 10.8. The van der Waals surface area contributed by atoms with Crippen LogP contribution in [-0.4, -0.2) is 23.6 Å². The first-order chi connectivity index (χ1) is 8.20. The number of halogens is 2. The summed E-state index contributed by atoms with van der Waals surface area (Å²) in [5, 5.41) is 3.68. The number of rotatable bonds is 4. The van der Waals surface area contributed by atoms with Crippen molar-refractivity contribution in [2.45, 2.75) is 6.42 Å². The van der Waals surface area contributed by atoms with Crippen LogP contribution in [0.2, 0.25) is 5.15 Å². The van der Waals surface area contributed by atoms with Gasteiger partial charge in [-0.3, -0.25) is 0 Å². The van der Waals surface area contributed by atoms with Crippen molar-refractivity contribution in [1.82, 2.24) is 15.3 Å². The second-order valence-corrected chi connectivity index (χ2v) is 5.00. The van der Waals surface area contributed by atoms with Gasteiger partial charge in [-0.2, -0.15) is 0 Å². The minimum absolute atomic E-state index is 0.592. The van der Waals surface area contributed by atoms with E-state index in [0.29, 0.717) is 5.15 Å². The molecule has 1 aromatic carbocycles. The van der Waals surface area contributed by atoms with Crippen LogP contribution in [0.5, 0.6) is 0 Å². The third-order valence-corrected chi connectivity index (χ3v) is 3.19. The minimum atomic E-state index is 0.592. The van der Waals surface area contributed by atoms with Crippen molar-refractivity contribution in [3.8, 4) is 11.3 Å². The van der Waals surface area contributed by atoms with Gasteiger partial charge in [0.25, 0.3) is 0 Å². The highest BCUT2D eigenvalue weighted by molar-refractivity contribution is 9.10. The van der Waals surface area contributed by atoms with Gasteiger partial charge < -0.3 is 10.3 Å². The van der Waals surface area contributed by atoms with E-state index in [1.54, 1.807) is 0 Å². The molecular weight excluding hydrogens is 302 g/mol. The number of benzene rings is 1. The Morgan fingerprint density at radius 3 is 3.00 bits per heavy atom. The Hall–Kier alpha value is -0.840. The van der Waals surface area contributed by atoms with Crippen LogP contribution in [0.15, 0.2) is 28.7 Å². The van der Waals surface area contributed by atoms with E-state index >= 15 is 0 Å². The molecule has 17 heavy (non-hydrogen) atoms. The predicted molar refractivity (Wildman–Crippen MR) is 74.4 cm³/mol. The Morgan fingerprint density at radius 1 is 1.47 bits per heavy atom. The highest BCUT2D eigenvalue weighted by atomic mass is 79.9. The van der Waals surface area contributed by atoms with Gasteiger partial charge in [0.15, 0.2) is 0 Å². The van der Waals surface area contributed by atoms with Gasteiger partial charge >= 0.3 is 0 Å². The lowest BCUT2D eigenvalue weighted by atomic mass is 10.2. The highest BCUT2D eigenvalue weighted by Gasteiger charge is 2.10. The first-order valence-corrected chi connectivity index (χ1v) is 6.52. The van der Waals surface area contributed by atoms with Crippen LogP contribution in [-0.2, 0) is 6.42 Å². The van der Waals surface area contributed by atoms with Gasteiger partial charge in [-0.15, -0.1) is 0 Å². The Bertz CT molecular complexity index is 510. The van der Waals surface area contributed by atoms with Crippen molar-refractivity contribution in [3.63, 3.8) is 0 Å². The van der Waals surface area contributed by atoms with Crippen LogP contribution in [0.3, 0.4) is 0 Å². The molecule has 0 radical (unpaired) electrons. The molecule has 2 rings (SSSR count). The number of nitrogens with one attached hydrogen (secondary N) is 2. The lowest BCUT2D eigenvalue weighted by Crippen LogP contribution is -2.11. The van der Waals surface area contributed by atoms with Crippen LogP contribution in [0.4, 0.5) is 0 Å². The second kappa shape index (κ2) is 5.67. The summed E-state index contributed by atoms with van der Waals surface area (Å²) in [5.41, 5.74) is 1.82. The molecule has 5 heteroatoms. The highest BCUT2D eigenvalue weighted by Crippen LogP contribution is 2.27. The summed E-state index contributed by atoms with van der Waals surface area (Å²) in [4.78, 5) is 7.61. The molecule has 2 aromatic rings. The van der Waals surface area contributed by atoms with Crippen molar-refractivity contribution in [1.29, 1.82) is 0 Å². The van der Waals surface area contributed by atoms with Crippen molar-refractivity contribution < 1.29 is 0 Å². The number of hydrogen-bond donors (Lipinski definition) is 2. The van der Waals surface area contributed by atoms with Gasteiger partial charge in [0.2, 0.25) is 0 Å². The van der Waals surface area contributed by atoms with Crippen molar-refractivity contribution in [2.75, 3.05) is 13.6 Å². The van der Waals surface area contributed by atoms with Gasteiger partial charge in [0.1, 0.15) is 16.7 Å². The maximum atomic E-state index is 6.16. The summed E-state index contributed by atoms with van der Waals surface area (Å²) in [5.74, 6) is 0.902. The zero-order valence-electron chi connectivity index (χ0n) is 9.43. The van der Waals surface area contributed by atoms with Crippen molar-refractivity contribution in [2.24, 2.45) is 0 Å². The van der Waals surface area contributed by atoms with Gasteiger partial charge in [-0.1, -0.05) is 39.7 Å². The van der Waals surface area contributed by atoms with Crippen LogP contribution in [0.25, 0.3) is 11.3 Å². The van der Waals surface area contributed by atoms with E-state index in [-0.39, 0.29) is 0 Å². The number of aromatic amines is 1. The second-order valence-electron chi connectivity index (χ2n) is 3.71. The molecule has 0 atom stereocenters. The molecule has 0 fully saturated rings. The first-order valence-electron chi connectivity index (χ1n) is 5.35. The molecule has 0 aliphatic heterocycles. The Kier molecular flexibility index (Phi) is 4.20. The number of likely N-dealkylation sites (N-methyl/N-ethyl adjacent to an activating group) is 1. The molecule has 1 heterocycles. The van der Waals surface area contributed by atoms with Gasteiger partial charge in [0, 0.05) is 23.0 Å². The largest absolute Gasteiger partial charge is 0.332 e. The maximum absolute atomic E-state index is 6.16. The standard InChI is InChI=1S/C12H13BrClN3/c1-15-6-5-10-16-11(12(14)17-10)8-3-2-4-9(13)7-8/h2-4,7,15H,5-6H2,1H3,(H,16,17). The lowest BCUT2D eigenvalue weighted by Gasteiger charge is -1.98. The number of hydrogen-bond acceptors (Lipinski definition) is 2. The molecule has 0 aliphatic rings. The fraction of sp³-hybridized carbons (Fsp3) is 0.250. The SMILES string of the molecule is CNCCc1nc(-c2cccc(Br)c2)c(Cl)[nH]1. The zero-order chi connectivity index (χ0) is 12.3. The molecule has 1 aromatic heterocycles. The molecule has 0 spiro atoms. The Labute approximate surface area is 114 Å². The molecule has 2 N–H and O–H groups in total. The quantitative estimate of drug-likeness (QED) is 0.909. The third-order valence-electron chi connectivity index (χ3n) is 2.42. The van der Waals surface area contributed by atoms with Crippen LogP contribution in [0.1, 0.15) is 5.82 Å². The minimum Gasteiger partial charge on any atom is -0.332 e. The monoisotopic (exact) mass is 313 g/mol. The molecule has 3 nitrogen and oxygen atoms in total. The average molecular weight is 315 g/mol. The van der Waals surface area contributed by atoms with Gasteiger partial charge in [-0.05, 0) is 19.2 Å². The molecule has 90 valence electrons. The van der Waals surface area contributed by atoms with E-state index in [1.807, 2.05) is 31.3 Å². The fourth-order valence-electron chi connectivity index (χ4n) is 1.59. The summed E-state index contributed by atoms with van der Waals surface area (Å²) in [6, 6.07) is 7.95. The summed E-state index contributed by atoms with van der Waals surface area (Å²) >= 11 is 9.60. The van der Waals surface area contributed by atoms with Gasteiger partial charge in [-0.25, -0.2) is 4.98 Å². The van der Waals surface area contributed by atoms with E-state index < -0.39 is 0 Å². The molecule has 0 saturated heterocycles. The Balaban J connectivity index is 2.29. The third kappa shape index (κ3) is 3.09. The molecule has 0 saturated carbocycles. The number of imidazole rings is 1. The lowest BCUT2D eigenvalue weighted by molar-refractivity contribution is 0.764. The summed E-state index contributed by atoms with van der Waals surface area (Å²) in [7, 11) is 1.92. The van der Waals surface area contributed by atoms with E-state index in [2.05, 4.69) is 31.2 Å². The molecule has 0 bridgehead atoms. The van der Waals surface area contributed by atoms with Crippen molar-refractivity contribution in [3.05, 3.63) is 39.7 Å². The molecule has 0 unspecified atom stereocenters. The van der Waals surface area contributed by atoms with E-state index in [9.17, 15) is 0 Å². The van der Waals surface area contributed by atoms with Crippen LogP contribution < -0.4 is 5.32 Å².